The molecule has 26 heavy (non-hydrogen) atoms. The smallest absolute Gasteiger partial charge is 0.276 e. The Balaban J connectivity index is 1.90. The molecule has 2 aromatic carbocycles. The van der Waals surface area contributed by atoms with Gasteiger partial charge in [0.2, 0.25) is 0 Å². The first-order chi connectivity index (χ1) is 12.4. The normalized spacial score (nSPS) is 9.77. The lowest BCUT2D eigenvalue weighted by atomic mass is 10.2. The number of amides is 2. The maximum Gasteiger partial charge on any atom is 0.276 e. The lowest BCUT2D eigenvalue weighted by Gasteiger charge is -2.11. The Hall–Kier alpha value is -2.95. The minimum atomic E-state index is -0.611. The number of hydrogen-bond donors (Lipinski definition) is 2. The van der Waals surface area contributed by atoms with E-state index < -0.39 is 18.4 Å². The number of halogens is 2. The van der Waals surface area contributed by atoms with Crippen molar-refractivity contribution in [2.45, 2.75) is 0 Å². The van der Waals surface area contributed by atoms with E-state index in [4.69, 9.17) is 37.9 Å². The zero-order valence-electron chi connectivity index (χ0n) is 13.5. The molecule has 0 aliphatic carbocycles. The van der Waals surface area contributed by atoms with Gasteiger partial charge in [-0.2, -0.15) is 5.26 Å². The number of hydrogen-bond acceptors (Lipinski definition) is 5. The molecule has 7 nitrogen and oxygen atoms in total. The first kappa shape index (κ1) is 19.4. The fourth-order valence-electron chi connectivity index (χ4n) is 1.92. The van der Waals surface area contributed by atoms with Crippen LogP contribution in [0.25, 0.3) is 0 Å². The van der Waals surface area contributed by atoms with Crippen molar-refractivity contribution in [2.75, 3.05) is 13.7 Å². The molecule has 0 saturated heterocycles. The minimum absolute atomic E-state index is 0.163. The summed E-state index contributed by atoms with van der Waals surface area (Å²) in [5.41, 5.74) is 4.98. The van der Waals surface area contributed by atoms with Gasteiger partial charge in [-0.1, -0.05) is 23.2 Å². The van der Waals surface area contributed by atoms with Crippen LogP contribution >= 0.6 is 23.2 Å². The maximum atomic E-state index is 12.1. The van der Waals surface area contributed by atoms with Gasteiger partial charge in [0.15, 0.2) is 6.61 Å². The van der Waals surface area contributed by atoms with Gasteiger partial charge in [0.25, 0.3) is 11.8 Å². The molecule has 0 spiro atoms. The van der Waals surface area contributed by atoms with Gasteiger partial charge < -0.3 is 9.47 Å². The highest BCUT2D eigenvalue weighted by Gasteiger charge is 2.14. The van der Waals surface area contributed by atoms with Gasteiger partial charge in [-0.15, -0.1) is 0 Å². The number of nitrogens with one attached hydrogen (secondary N) is 2. The first-order valence-electron chi connectivity index (χ1n) is 7.19. The second kappa shape index (κ2) is 8.94. The molecule has 0 heterocycles. The number of benzene rings is 2. The Labute approximate surface area is 159 Å². The molecule has 9 heteroatoms. The summed E-state index contributed by atoms with van der Waals surface area (Å²) in [7, 11) is 1.41. The Morgan fingerprint density at radius 3 is 2.50 bits per heavy atom. The van der Waals surface area contributed by atoms with Gasteiger partial charge >= 0.3 is 0 Å². The third-order valence-corrected chi connectivity index (χ3v) is 3.67. The summed E-state index contributed by atoms with van der Waals surface area (Å²) in [6, 6.07) is 10.9. The summed E-state index contributed by atoms with van der Waals surface area (Å²) in [5.74, 6) is -0.667. The molecule has 0 aliphatic rings. The Morgan fingerprint density at radius 1 is 1.12 bits per heavy atom. The predicted octanol–water partition coefficient (Wildman–Crippen LogP) is 2.71. The fourth-order valence-corrected chi connectivity index (χ4v) is 2.33. The van der Waals surface area contributed by atoms with Gasteiger partial charge in [-0.05, 0) is 36.4 Å². The van der Waals surface area contributed by atoms with E-state index in [1.54, 1.807) is 6.07 Å². The molecule has 0 aromatic heterocycles. The van der Waals surface area contributed by atoms with Crippen molar-refractivity contribution in [2.24, 2.45) is 0 Å². The van der Waals surface area contributed by atoms with Crippen LogP contribution in [0.5, 0.6) is 11.5 Å². The second-order valence-corrected chi connectivity index (χ2v) is 5.74. The summed E-state index contributed by atoms with van der Waals surface area (Å²) in [5, 5.41) is 9.32. The highest BCUT2D eigenvalue weighted by Crippen LogP contribution is 2.25. The molecule has 2 N–H and O–H groups in total. The lowest BCUT2D eigenvalue weighted by molar-refractivity contribution is -0.123. The van der Waals surface area contributed by atoms with Gasteiger partial charge in [0, 0.05) is 5.02 Å². The van der Waals surface area contributed by atoms with E-state index in [0.29, 0.717) is 16.3 Å². The Bertz CT molecular complexity index is 881. The summed E-state index contributed by atoms with van der Waals surface area (Å²) in [6.45, 7) is -0.390. The molecule has 2 rings (SSSR count). The molecular weight excluding hydrogens is 381 g/mol. The van der Waals surface area contributed by atoms with Crippen molar-refractivity contribution in [3.63, 3.8) is 0 Å². The molecule has 0 aliphatic heterocycles. The van der Waals surface area contributed by atoms with Crippen LogP contribution in [-0.4, -0.2) is 25.5 Å². The van der Waals surface area contributed by atoms with Crippen LogP contribution in [0, 0.1) is 11.3 Å². The molecule has 2 amide bonds. The van der Waals surface area contributed by atoms with Crippen molar-refractivity contribution >= 4 is 35.0 Å². The van der Waals surface area contributed by atoms with Gasteiger partial charge in [0.1, 0.15) is 11.5 Å². The van der Waals surface area contributed by atoms with E-state index in [1.807, 2.05) is 6.07 Å². The van der Waals surface area contributed by atoms with Crippen molar-refractivity contribution in [3.05, 3.63) is 57.6 Å². The van der Waals surface area contributed by atoms with Gasteiger partial charge in [-0.25, -0.2) is 0 Å². The monoisotopic (exact) mass is 393 g/mol. The van der Waals surface area contributed by atoms with E-state index in [2.05, 4.69) is 10.9 Å². The van der Waals surface area contributed by atoms with E-state index in [9.17, 15) is 9.59 Å². The van der Waals surface area contributed by atoms with Crippen LogP contribution in [0.3, 0.4) is 0 Å². The largest absolute Gasteiger partial charge is 0.496 e. The maximum absolute atomic E-state index is 12.1. The number of nitriles is 1. The minimum Gasteiger partial charge on any atom is -0.496 e. The molecule has 0 unspecified atom stereocenters. The van der Waals surface area contributed by atoms with Crippen LogP contribution < -0.4 is 20.3 Å². The van der Waals surface area contributed by atoms with E-state index in [1.165, 1.54) is 37.4 Å². The number of ether oxygens (including phenoxy) is 2. The van der Waals surface area contributed by atoms with E-state index in [-0.39, 0.29) is 16.3 Å². The quantitative estimate of drug-likeness (QED) is 0.760. The average molecular weight is 394 g/mol. The number of rotatable bonds is 5. The van der Waals surface area contributed by atoms with Crippen molar-refractivity contribution in [3.8, 4) is 17.6 Å². The summed E-state index contributed by atoms with van der Waals surface area (Å²) in [6.07, 6.45) is 0. The molecular formula is C17H13Cl2N3O4. The number of carbonyl (C=O) groups excluding carboxylic acids is 2. The lowest BCUT2D eigenvalue weighted by Crippen LogP contribution is -2.43. The van der Waals surface area contributed by atoms with Crippen LogP contribution in [-0.2, 0) is 4.79 Å². The molecule has 2 aromatic rings. The standard InChI is InChI=1S/C17H13Cl2N3O4/c1-25-14-5-3-11(18)7-12(14)17(24)22-21-16(23)9-26-15-4-2-10(8-20)6-13(15)19/h2-7H,9H2,1H3,(H,21,23)(H,22,24). The van der Waals surface area contributed by atoms with Gasteiger partial charge in [0.05, 0.1) is 29.3 Å². The molecule has 0 fully saturated rings. The predicted molar refractivity (Wildman–Crippen MR) is 95.3 cm³/mol. The Morgan fingerprint density at radius 2 is 1.85 bits per heavy atom. The third-order valence-electron chi connectivity index (χ3n) is 3.14. The average Bonchev–Trinajstić information content (AvgIpc) is 2.64. The topological polar surface area (TPSA) is 100 Å². The molecule has 134 valence electrons. The van der Waals surface area contributed by atoms with Crippen LogP contribution in [0.15, 0.2) is 36.4 Å². The summed E-state index contributed by atoms with van der Waals surface area (Å²) < 4.78 is 10.3. The number of methoxy groups -OCH3 is 1. The molecule has 0 bridgehead atoms. The third kappa shape index (κ3) is 5.02. The van der Waals surface area contributed by atoms with Crippen molar-refractivity contribution < 1.29 is 19.1 Å². The zero-order valence-corrected chi connectivity index (χ0v) is 15.0. The molecule has 0 radical (unpaired) electrons. The molecule has 0 saturated carbocycles. The van der Waals surface area contributed by atoms with E-state index in [0.717, 1.165) is 0 Å². The van der Waals surface area contributed by atoms with Gasteiger partial charge in [-0.3, -0.25) is 20.4 Å². The summed E-state index contributed by atoms with van der Waals surface area (Å²) in [4.78, 5) is 23.9. The second-order valence-electron chi connectivity index (χ2n) is 4.89. The highest BCUT2D eigenvalue weighted by atomic mass is 35.5. The van der Waals surface area contributed by atoms with Crippen LogP contribution in [0.1, 0.15) is 15.9 Å². The van der Waals surface area contributed by atoms with Crippen LogP contribution in [0.4, 0.5) is 0 Å². The summed E-state index contributed by atoms with van der Waals surface area (Å²) >= 11 is 11.8. The number of hydrazine groups is 1. The Kier molecular flexibility index (Phi) is 6.67. The van der Waals surface area contributed by atoms with Crippen molar-refractivity contribution in [1.82, 2.24) is 10.9 Å². The van der Waals surface area contributed by atoms with Crippen molar-refractivity contribution in [1.29, 1.82) is 5.26 Å². The number of carbonyl (C=O) groups is 2. The molecule has 0 atom stereocenters. The number of nitrogens with zero attached hydrogens (tertiary/aromatic N) is 1. The van der Waals surface area contributed by atoms with Crippen LogP contribution in [0.2, 0.25) is 10.0 Å². The van der Waals surface area contributed by atoms with E-state index >= 15 is 0 Å². The fraction of sp³-hybridized carbons (Fsp3) is 0.118. The SMILES string of the molecule is COc1ccc(Cl)cc1C(=O)NNC(=O)COc1ccc(C#N)cc1Cl. The first-order valence-corrected chi connectivity index (χ1v) is 7.95. The highest BCUT2D eigenvalue weighted by molar-refractivity contribution is 6.32. The zero-order chi connectivity index (χ0) is 19.1.